The third-order valence-electron chi connectivity index (χ3n) is 5.89. The number of carbonyl (C=O) groups is 1. The van der Waals surface area contributed by atoms with Gasteiger partial charge in [-0.25, -0.2) is 0 Å². The molecule has 0 amide bonds. The number of fused-ring (bicyclic) bond motifs is 1. The molecule has 162 valence electrons. The minimum absolute atomic E-state index is 0.0681. The van der Waals surface area contributed by atoms with Crippen molar-refractivity contribution < 1.29 is 33.6 Å². The molecule has 1 saturated heterocycles. The van der Waals surface area contributed by atoms with E-state index in [1.165, 1.54) is 12.2 Å². The van der Waals surface area contributed by atoms with E-state index < -0.39 is 59.6 Å². The lowest BCUT2D eigenvalue weighted by atomic mass is 9.72. The molecular weight excluding hydrogens is 382 g/mol. The Balaban J connectivity index is 2.30. The topological polar surface area (TPSA) is 87.0 Å². The van der Waals surface area contributed by atoms with E-state index in [4.69, 9.17) is 9.84 Å². The smallest absolute Gasteiger partial charge is 0.310 e. The minimum atomic E-state index is -3.29. The fourth-order valence-corrected chi connectivity index (χ4v) is 4.39. The van der Waals surface area contributed by atoms with E-state index in [0.717, 1.165) is 0 Å². The molecule has 3 N–H and O–H groups in total. The molecule has 7 atom stereocenters. The summed E-state index contributed by atoms with van der Waals surface area (Å²) in [6.45, 7) is 7.13. The second-order valence-electron chi connectivity index (χ2n) is 7.83. The third-order valence-corrected chi connectivity index (χ3v) is 5.89. The van der Waals surface area contributed by atoms with Gasteiger partial charge in [-0.3, -0.25) is 4.79 Å². The molecule has 5 nitrogen and oxygen atoms in total. The molecule has 1 aliphatic carbocycles. The van der Waals surface area contributed by atoms with E-state index in [1.807, 2.05) is 6.92 Å². The lowest BCUT2D eigenvalue weighted by Gasteiger charge is -2.34. The number of halogens is 2. The molecule has 0 aromatic rings. The predicted molar refractivity (Wildman–Crippen MR) is 104 cm³/mol. The number of aliphatic hydroxyl groups is 2. The molecule has 1 unspecified atom stereocenters. The Morgan fingerprint density at radius 3 is 2.76 bits per heavy atom. The summed E-state index contributed by atoms with van der Waals surface area (Å²) in [5.41, 5.74) is 0. The van der Waals surface area contributed by atoms with Crippen molar-refractivity contribution in [1.29, 1.82) is 0 Å². The summed E-state index contributed by atoms with van der Waals surface area (Å²) in [6, 6.07) is 0. The molecule has 1 heterocycles. The molecule has 0 aromatic heterocycles. The van der Waals surface area contributed by atoms with Crippen molar-refractivity contribution in [2.24, 2.45) is 23.7 Å². The standard InChI is InChI=1S/C22H30F2O5/c1-4-6-9-14(13(3)15(25)5-2)20-16(26)12-17-21(20)22(23,24)18(29-17)10-7-8-11-19(27)28/h5,10,13-17,20-21,25-26H,2,4,7-8,11-12H2,1,3H3,(H,27,28)/t13-,14?,15+,16+,17-,20-,21-/m0/s1. The van der Waals surface area contributed by atoms with E-state index in [2.05, 4.69) is 18.4 Å². The van der Waals surface area contributed by atoms with Crippen LogP contribution in [0.2, 0.25) is 0 Å². The summed E-state index contributed by atoms with van der Waals surface area (Å²) in [6.07, 6.45) is 0.746. The number of carboxylic acid groups (broad SMARTS) is 1. The van der Waals surface area contributed by atoms with Crippen LogP contribution < -0.4 is 0 Å². The van der Waals surface area contributed by atoms with Gasteiger partial charge < -0.3 is 20.1 Å². The van der Waals surface area contributed by atoms with Gasteiger partial charge in [-0.05, 0) is 24.8 Å². The van der Waals surface area contributed by atoms with E-state index in [0.29, 0.717) is 6.42 Å². The summed E-state index contributed by atoms with van der Waals surface area (Å²) in [5, 5.41) is 29.5. The number of unbranched alkanes of at least 4 members (excludes halogenated alkanes) is 1. The van der Waals surface area contributed by atoms with Crippen LogP contribution in [0.25, 0.3) is 0 Å². The van der Waals surface area contributed by atoms with Crippen molar-refractivity contribution in [3.05, 3.63) is 24.5 Å². The van der Waals surface area contributed by atoms with E-state index >= 15 is 8.78 Å². The van der Waals surface area contributed by atoms with Gasteiger partial charge in [0.05, 0.1) is 18.1 Å². The highest BCUT2D eigenvalue weighted by Crippen LogP contribution is 2.56. The lowest BCUT2D eigenvalue weighted by molar-refractivity contribution is -0.137. The quantitative estimate of drug-likeness (QED) is 0.323. The van der Waals surface area contributed by atoms with Crippen molar-refractivity contribution in [3.8, 4) is 11.8 Å². The number of alkyl halides is 2. The number of aliphatic hydroxyl groups excluding tert-OH is 2. The predicted octanol–water partition coefficient (Wildman–Crippen LogP) is 3.37. The van der Waals surface area contributed by atoms with Gasteiger partial charge in [0.1, 0.15) is 6.10 Å². The SMILES string of the molecule is C=C[C@@H](O)[C@@H](C)C(C#CCC)[C@@H]1[C@@H]2[C@H](C[C@H]1O)OC(=CCCCC(=O)O)C2(F)F. The summed E-state index contributed by atoms with van der Waals surface area (Å²) < 4.78 is 36.0. The fourth-order valence-electron chi connectivity index (χ4n) is 4.39. The molecule has 2 rings (SSSR count). The maximum atomic E-state index is 15.3. The number of carboxylic acids is 1. The van der Waals surface area contributed by atoms with Crippen molar-refractivity contribution in [3.63, 3.8) is 0 Å². The number of rotatable bonds is 8. The first kappa shape index (κ1) is 23.4. The Labute approximate surface area is 170 Å². The van der Waals surface area contributed by atoms with Crippen molar-refractivity contribution in [2.45, 2.75) is 70.2 Å². The maximum absolute atomic E-state index is 15.3. The van der Waals surface area contributed by atoms with E-state index in [1.54, 1.807) is 6.92 Å². The molecule has 0 bridgehead atoms. The first-order valence-electron chi connectivity index (χ1n) is 10.1. The average molecular weight is 412 g/mol. The monoisotopic (exact) mass is 412 g/mol. The van der Waals surface area contributed by atoms with Crippen molar-refractivity contribution >= 4 is 5.97 Å². The van der Waals surface area contributed by atoms with Crippen LogP contribution in [-0.4, -0.2) is 45.5 Å². The van der Waals surface area contributed by atoms with E-state index in [9.17, 15) is 15.0 Å². The summed E-state index contributed by atoms with van der Waals surface area (Å²) in [4.78, 5) is 10.6. The summed E-state index contributed by atoms with van der Waals surface area (Å²) in [7, 11) is 0. The molecule has 0 radical (unpaired) electrons. The molecule has 2 aliphatic rings. The van der Waals surface area contributed by atoms with Crippen molar-refractivity contribution in [1.82, 2.24) is 0 Å². The highest BCUT2D eigenvalue weighted by molar-refractivity contribution is 5.66. The zero-order valence-electron chi connectivity index (χ0n) is 16.9. The minimum Gasteiger partial charge on any atom is -0.488 e. The van der Waals surface area contributed by atoms with Crippen LogP contribution >= 0.6 is 0 Å². The van der Waals surface area contributed by atoms with Crippen LogP contribution in [0.5, 0.6) is 0 Å². The zero-order valence-corrected chi connectivity index (χ0v) is 16.9. The van der Waals surface area contributed by atoms with Gasteiger partial charge >= 0.3 is 11.9 Å². The molecule has 1 saturated carbocycles. The van der Waals surface area contributed by atoms with Gasteiger partial charge in [0.25, 0.3) is 0 Å². The number of hydrogen-bond acceptors (Lipinski definition) is 4. The van der Waals surface area contributed by atoms with Crippen molar-refractivity contribution in [2.75, 3.05) is 0 Å². The second kappa shape index (κ2) is 9.73. The summed E-state index contributed by atoms with van der Waals surface area (Å²) in [5.74, 6) is -2.04. The molecule has 1 aliphatic heterocycles. The summed E-state index contributed by atoms with van der Waals surface area (Å²) >= 11 is 0. The highest BCUT2D eigenvalue weighted by atomic mass is 19.3. The second-order valence-corrected chi connectivity index (χ2v) is 7.83. The van der Waals surface area contributed by atoms with Crippen LogP contribution in [0.15, 0.2) is 24.5 Å². The van der Waals surface area contributed by atoms with Crippen LogP contribution in [-0.2, 0) is 9.53 Å². The Morgan fingerprint density at radius 1 is 1.48 bits per heavy atom. The van der Waals surface area contributed by atoms with Gasteiger partial charge in [-0.1, -0.05) is 25.8 Å². The number of aliphatic carboxylic acids is 1. The highest BCUT2D eigenvalue weighted by Gasteiger charge is 2.65. The average Bonchev–Trinajstić information content (AvgIpc) is 3.11. The zero-order chi connectivity index (χ0) is 21.8. The van der Waals surface area contributed by atoms with Crippen LogP contribution in [0, 0.1) is 35.5 Å². The van der Waals surface area contributed by atoms with Gasteiger partial charge in [-0.15, -0.1) is 12.5 Å². The fraction of sp³-hybridized carbons (Fsp3) is 0.682. The Bertz CT molecular complexity index is 693. The molecule has 2 fully saturated rings. The lowest BCUT2D eigenvalue weighted by Crippen LogP contribution is -2.41. The maximum Gasteiger partial charge on any atom is 0.310 e. The Morgan fingerprint density at radius 2 is 2.17 bits per heavy atom. The molecule has 29 heavy (non-hydrogen) atoms. The van der Waals surface area contributed by atoms with E-state index in [-0.39, 0.29) is 25.7 Å². The Kier molecular flexibility index (Phi) is 7.84. The number of hydrogen-bond donors (Lipinski definition) is 3. The molecule has 0 spiro atoms. The first-order valence-corrected chi connectivity index (χ1v) is 10.1. The normalized spacial score (nSPS) is 31.9. The third kappa shape index (κ3) is 4.99. The van der Waals surface area contributed by atoms with Crippen LogP contribution in [0.1, 0.15) is 46.0 Å². The van der Waals surface area contributed by atoms with Gasteiger partial charge in [0, 0.05) is 31.1 Å². The first-order chi connectivity index (χ1) is 13.6. The van der Waals surface area contributed by atoms with Crippen LogP contribution in [0.4, 0.5) is 8.78 Å². The molecule has 0 aromatic carbocycles. The van der Waals surface area contributed by atoms with Gasteiger partial charge in [0.15, 0.2) is 5.76 Å². The molecule has 7 heteroatoms. The number of allylic oxidation sites excluding steroid dienone is 2. The largest absolute Gasteiger partial charge is 0.488 e. The van der Waals surface area contributed by atoms with Crippen LogP contribution in [0.3, 0.4) is 0 Å². The van der Waals surface area contributed by atoms with Gasteiger partial charge in [0.2, 0.25) is 0 Å². The number of ether oxygens (including phenoxy) is 1. The van der Waals surface area contributed by atoms with Gasteiger partial charge in [-0.2, -0.15) is 8.78 Å². The Hall–Kier alpha value is -1.91. The molecular formula is C22H30F2O5.